The van der Waals surface area contributed by atoms with Gasteiger partial charge in [-0.25, -0.2) is 8.78 Å². The molecule has 0 radical (unpaired) electrons. The molecule has 3 aromatic rings. The minimum Gasteiger partial charge on any atom is -0.494 e. The largest absolute Gasteiger partial charge is 0.494 e. The predicted octanol–water partition coefficient (Wildman–Crippen LogP) is 7.07. The smallest absolute Gasteiger partial charge is 0.201 e. The highest BCUT2D eigenvalue weighted by Gasteiger charge is 2.14. The molecule has 5 heteroatoms. The van der Waals surface area contributed by atoms with E-state index in [1.165, 1.54) is 24.8 Å². The Morgan fingerprint density at radius 2 is 1.48 bits per heavy atom. The molecule has 2 nitrogen and oxygen atoms in total. The van der Waals surface area contributed by atoms with Gasteiger partial charge in [-0.2, -0.15) is 4.39 Å². The Morgan fingerprint density at radius 3 is 2.13 bits per heavy atom. The number of unbranched alkanes of at least 4 members (excludes halogenated alkanes) is 1. The van der Waals surface area contributed by atoms with Crippen LogP contribution < -0.4 is 9.47 Å². The van der Waals surface area contributed by atoms with Crippen LogP contribution in [0.25, 0.3) is 11.1 Å². The quantitative estimate of drug-likeness (QED) is 0.255. The third-order valence-corrected chi connectivity index (χ3v) is 4.97. The van der Waals surface area contributed by atoms with Crippen LogP contribution >= 0.6 is 0 Å². The first-order valence-corrected chi connectivity index (χ1v) is 10.2. The van der Waals surface area contributed by atoms with Gasteiger partial charge in [0.05, 0.1) is 7.11 Å². The second-order valence-corrected chi connectivity index (χ2v) is 7.08. The van der Waals surface area contributed by atoms with E-state index >= 15 is 0 Å². The molecule has 0 aromatic heterocycles. The molecule has 31 heavy (non-hydrogen) atoms. The third kappa shape index (κ3) is 6.14. The molecule has 0 aliphatic heterocycles. The summed E-state index contributed by atoms with van der Waals surface area (Å²) in [5, 5.41) is 0. The zero-order chi connectivity index (χ0) is 22.1. The van der Waals surface area contributed by atoms with Crippen molar-refractivity contribution >= 4 is 0 Å². The lowest BCUT2D eigenvalue weighted by atomic mass is 10.0. The molecule has 3 rings (SSSR count). The van der Waals surface area contributed by atoms with E-state index in [4.69, 9.17) is 9.47 Å². The highest BCUT2D eigenvalue weighted by Crippen LogP contribution is 2.26. The lowest BCUT2D eigenvalue weighted by Crippen LogP contribution is -2.02. The van der Waals surface area contributed by atoms with Crippen molar-refractivity contribution in [2.45, 2.75) is 25.9 Å². The number of methoxy groups -OCH3 is 1. The Bertz CT molecular complexity index is 996. The van der Waals surface area contributed by atoms with Crippen molar-refractivity contribution in [3.63, 3.8) is 0 Å². The van der Waals surface area contributed by atoms with Crippen molar-refractivity contribution in [2.24, 2.45) is 0 Å². The topological polar surface area (TPSA) is 18.5 Å². The summed E-state index contributed by atoms with van der Waals surface area (Å²) in [6, 6.07) is 18.6. The van der Waals surface area contributed by atoms with Crippen LogP contribution in [-0.2, 0) is 13.0 Å². The maximum Gasteiger partial charge on any atom is 0.201 e. The standard InChI is InChI=1S/C26H25F3O2/c1-30-24-16-13-22(25(28)26(24)29)18-31-23-14-11-21(12-15-23)20-9-7-19(8-10-20)6-4-2-3-5-17-27/h3,5,7-16H,2,4,6,17-18H2,1H3/b5-3+. The van der Waals surface area contributed by atoms with Gasteiger partial charge in [0.15, 0.2) is 11.6 Å². The van der Waals surface area contributed by atoms with Gasteiger partial charge in [-0.3, -0.25) is 0 Å². The van der Waals surface area contributed by atoms with Crippen LogP contribution in [0.5, 0.6) is 11.5 Å². The van der Waals surface area contributed by atoms with E-state index in [1.807, 2.05) is 18.2 Å². The highest BCUT2D eigenvalue weighted by atomic mass is 19.2. The maximum atomic E-state index is 14.0. The molecule has 162 valence electrons. The Balaban J connectivity index is 1.56. The van der Waals surface area contributed by atoms with E-state index in [0.717, 1.165) is 30.4 Å². The Hall–Kier alpha value is -3.21. The lowest BCUT2D eigenvalue weighted by Gasteiger charge is -2.10. The van der Waals surface area contributed by atoms with E-state index in [-0.39, 0.29) is 17.9 Å². The van der Waals surface area contributed by atoms with Gasteiger partial charge >= 0.3 is 0 Å². The molecule has 0 bridgehead atoms. The Labute approximate surface area is 180 Å². The van der Waals surface area contributed by atoms with Crippen LogP contribution in [0.2, 0.25) is 0 Å². The molecule has 0 amide bonds. The summed E-state index contributed by atoms with van der Waals surface area (Å²) >= 11 is 0. The SMILES string of the molecule is COc1ccc(COc2ccc(-c3ccc(CCC/C=C/CF)cc3)cc2)c(F)c1F. The van der Waals surface area contributed by atoms with E-state index in [2.05, 4.69) is 24.3 Å². The summed E-state index contributed by atoms with van der Waals surface area (Å²) in [7, 11) is 1.29. The molecule has 0 saturated carbocycles. The van der Waals surface area contributed by atoms with Crippen molar-refractivity contribution in [3.8, 4) is 22.6 Å². The van der Waals surface area contributed by atoms with E-state index in [0.29, 0.717) is 5.75 Å². The molecule has 3 aromatic carbocycles. The normalized spacial score (nSPS) is 11.1. The molecular formula is C26H25F3O2. The summed E-state index contributed by atoms with van der Waals surface area (Å²) < 4.78 is 50.3. The summed E-state index contributed by atoms with van der Waals surface area (Å²) in [4.78, 5) is 0. The second-order valence-electron chi connectivity index (χ2n) is 7.08. The molecular weight excluding hydrogens is 401 g/mol. The molecule has 0 unspecified atom stereocenters. The van der Waals surface area contributed by atoms with E-state index in [1.54, 1.807) is 18.2 Å². The maximum absolute atomic E-state index is 14.0. The number of allylic oxidation sites excluding steroid dienone is 2. The van der Waals surface area contributed by atoms with Crippen molar-refractivity contribution in [3.05, 3.63) is 95.6 Å². The van der Waals surface area contributed by atoms with Crippen LogP contribution in [-0.4, -0.2) is 13.8 Å². The summed E-state index contributed by atoms with van der Waals surface area (Å²) in [5.41, 5.74) is 3.48. The molecule has 0 aliphatic rings. The van der Waals surface area contributed by atoms with E-state index < -0.39 is 18.3 Å². The zero-order valence-electron chi connectivity index (χ0n) is 17.4. The minimum absolute atomic E-state index is 0.0820. The Morgan fingerprint density at radius 1 is 0.806 bits per heavy atom. The van der Waals surface area contributed by atoms with Gasteiger partial charge in [-0.15, -0.1) is 0 Å². The van der Waals surface area contributed by atoms with Crippen LogP contribution in [0.15, 0.2) is 72.8 Å². The van der Waals surface area contributed by atoms with Gasteiger partial charge in [-0.05, 0) is 60.2 Å². The molecule has 0 fully saturated rings. The number of halogens is 3. The highest BCUT2D eigenvalue weighted by molar-refractivity contribution is 5.64. The molecule has 0 N–H and O–H groups in total. The molecule has 0 aliphatic carbocycles. The van der Waals surface area contributed by atoms with Crippen molar-refractivity contribution in [1.29, 1.82) is 0 Å². The van der Waals surface area contributed by atoms with Crippen LogP contribution in [0.3, 0.4) is 0 Å². The van der Waals surface area contributed by atoms with Crippen molar-refractivity contribution in [1.82, 2.24) is 0 Å². The van der Waals surface area contributed by atoms with E-state index in [9.17, 15) is 13.2 Å². The average Bonchev–Trinajstić information content (AvgIpc) is 2.81. The minimum atomic E-state index is -1.02. The fraction of sp³-hybridized carbons (Fsp3) is 0.231. The van der Waals surface area contributed by atoms with Gasteiger partial charge in [0, 0.05) is 5.56 Å². The number of hydrogen-bond acceptors (Lipinski definition) is 2. The van der Waals surface area contributed by atoms with Gasteiger partial charge in [0.25, 0.3) is 0 Å². The summed E-state index contributed by atoms with van der Waals surface area (Å²) in [5.74, 6) is -1.55. The first-order chi connectivity index (χ1) is 15.1. The summed E-state index contributed by atoms with van der Waals surface area (Å²) in [6.07, 6.45) is 6.23. The van der Waals surface area contributed by atoms with Gasteiger partial charge in [-0.1, -0.05) is 48.6 Å². The zero-order valence-corrected chi connectivity index (χ0v) is 17.4. The number of alkyl halides is 1. The number of benzene rings is 3. The van der Waals surface area contributed by atoms with Crippen molar-refractivity contribution in [2.75, 3.05) is 13.8 Å². The van der Waals surface area contributed by atoms with Crippen molar-refractivity contribution < 1.29 is 22.6 Å². The Kier molecular flexibility index (Phi) is 8.16. The number of rotatable bonds is 10. The average molecular weight is 426 g/mol. The van der Waals surface area contributed by atoms with Gasteiger partial charge in [0.2, 0.25) is 5.82 Å². The number of aryl methyl sites for hydroxylation is 1. The first-order valence-electron chi connectivity index (χ1n) is 10.2. The van der Waals surface area contributed by atoms with Gasteiger partial charge < -0.3 is 9.47 Å². The number of ether oxygens (including phenoxy) is 2. The predicted molar refractivity (Wildman–Crippen MR) is 117 cm³/mol. The fourth-order valence-corrected chi connectivity index (χ4v) is 3.21. The number of hydrogen-bond donors (Lipinski definition) is 0. The first kappa shape index (κ1) is 22.5. The summed E-state index contributed by atoms with van der Waals surface area (Å²) in [6.45, 7) is -0.489. The van der Waals surface area contributed by atoms with Crippen LogP contribution in [0, 0.1) is 11.6 Å². The second kappa shape index (κ2) is 11.3. The van der Waals surface area contributed by atoms with Crippen LogP contribution in [0.1, 0.15) is 24.0 Å². The monoisotopic (exact) mass is 426 g/mol. The molecule has 0 saturated heterocycles. The molecule has 0 heterocycles. The molecule has 0 spiro atoms. The lowest BCUT2D eigenvalue weighted by molar-refractivity contribution is 0.294. The van der Waals surface area contributed by atoms with Crippen LogP contribution in [0.4, 0.5) is 13.2 Å². The van der Waals surface area contributed by atoms with Gasteiger partial charge in [0.1, 0.15) is 19.0 Å². The molecule has 0 atom stereocenters. The third-order valence-electron chi connectivity index (χ3n) is 4.97. The fourth-order valence-electron chi connectivity index (χ4n) is 3.21.